The molecule has 3 rings (SSSR count). The molecule has 6 nitrogen and oxygen atoms in total. The third kappa shape index (κ3) is 2.74. The largest absolute Gasteiger partial charge is 0.429 e. The van der Waals surface area contributed by atoms with Gasteiger partial charge in [-0.25, -0.2) is 4.68 Å². The first-order valence-electron chi connectivity index (χ1n) is 6.59. The lowest BCUT2D eigenvalue weighted by molar-refractivity contribution is -0.500. The average Bonchev–Trinajstić information content (AvgIpc) is 2.90. The number of hydrogen-bond acceptors (Lipinski definition) is 4. The maximum absolute atomic E-state index is 11.1. The molecule has 106 valence electrons. The Balaban J connectivity index is 2.01. The van der Waals surface area contributed by atoms with Crippen molar-refractivity contribution in [1.82, 2.24) is 9.78 Å². The molecule has 0 aliphatic carbocycles. The van der Waals surface area contributed by atoms with Gasteiger partial charge in [0.15, 0.2) is 5.76 Å². The zero-order chi connectivity index (χ0) is 14.8. The number of nitrogens with zero attached hydrogens (tertiary/aromatic N) is 3. The van der Waals surface area contributed by atoms with Gasteiger partial charge in [0.2, 0.25) is 0 Å². The highest BCUT2D eigenvalue weighted by molar-refractivity contribution is 5.58. The molecule has 0 saturated carbocycles. The number of nitrogens with one attached hydrogen (secondary N) is 1. The molecule has 1 aliphatic heterocycles. The Bertz CT molecular complexity index is 778. The summed E-state index contributed by atoms with van der Waals surface area (Å²) in [6.07, 6.45) is 1.39. The molecule has 0 saturated heterocycles. The number of allylic oxidation sites excluding steroid dienone is 1. The lowest BCUT2D eigenvalue weighted by atomic mass is 10.1. The zero-order valence-corrected chi connectivity index (χ0v) is 11.6. The van der Waals surface area contributed by atoms with Gasteiger partial charge in [-0.1, -0.05) is 30.3 Å². The standard InChI is InChI=1S/C15H15N4O2/c1-11-7-14(12-5-3-2-4-6-12)17-19(15(11)16)9-13-8-18(20)10-21-13/h2-8,16H,9-10H2,1H3/q+1. The topological polar surface area (TPSA) is 71.0 Å². The first kappa shape index (κ1) is 13.2. The smallest absolute Gasteiger partial charge is 0.340 e. The van der Waals surface area contributed by atoms with E-state index in [0.717, 1.165) is 16.8 Å². The first-order valence-corrected chi connectivity index (χ1v) is 6.59. The minimum Gasteiger partial charge on any atom is -0.429 e. The van der Waals surface area contributed by atoms with Crippen molar-refractivity contribution in [2.45, 2.75) is 13.5 Å². The van der Waals surface area contributed by atoms with E-state index in [1.54, 1.807) is 4.68 Å². The van der Waals surface area contributed by atoms with Crippen molar-refractivity contribution in [2.75, 3.05) is 6.73 Å². The van der Waals surface area contributed by atoms with Gasteiger partial charge in [-0.2, -0.15) is 5.10 Å². The molecule has 6 heteroatoms. The van der Waals surface area contributed by atoms with Crippen molar-refractivity contribution < 1.29 is 9.50 Å². The summed E-state index contributed by atoms with van der Waals surface area (Å²) in [6.45, 7) is 2.15. The van der Waals surface area contributed by atoms with Crippen LogP contribution in [0, 0.1) is 17.2 Å². The maximum atomic E-state index is 11.1. The number of ether oxygens (including phenoxy) is 1. The fraction of sp³-hybridized carbons (Fsp3) is 0.200. The van der Waals surface area contributed by atoms with E-state index in [0.29, 0.717) is 16.0 Å². The Morgan fingerprint density at radius 3 is 2.81 bits per heavy atom. The molecular weight excluding hydrogens is 268 g/mol. The quantitative estimate of drug-likeness (QED) is 0.875. The second-order valence-corrected chi connectivity index (χ2v) is 4.87. The van der Waals surface area contributed by atoms with Crippen LogP contribution in [0.1, 0.15) is 5.56 Å². The number of aromatic nitrogens is 2. The monoisotopic (exact) mass is 283 g/mol. The summed E-state index contributed by atoms with van der Waals surface area (Å²) in [6, 6.07) is 11.7. The zero-order valence-electron chi connectivity index (χ0n) is 11.6. The van der Waals surface area contributed by atoms with Gasteiger partial charge in [-0.05, 0) is 18.6 Å². The Morgan fingerprint density at radius 1 is 1.38 bits per heavy atom. The predicted molar refractivity (Wildman–Crippen MR) is 75.9 cm³/mol. The normalized spacial score (nSPS) is 14.0. The highest BCUT2D eigenvalue weighted by atomic mass is 16.5. The molecule has 2 aromatic rings. The van der Waals surface area contributed by atoms with Crippen LogP contribution in [0.5, 0.6) is 0 Å². The van der Waals surface area contributed by atoms with E-state index >= 15 is 0 Å². The van der Waals surface area contributed by atoms with Gasteiger partial charge in [0.05, 0.1) is 10.5 Å². The number of hydrogen-bond donors (Lipinski definition) is 1. The Kier molecular flexibility index (Phi) is 3.35. The van der Waals surface area contributed by atoms with Gasteiger partial charge >= 0.3 is 6.73 Å². The number of aryl methyl sites for hydroxylation is 1. The SMILES string of the molecule is Cc1cc(-c2ccccc2)nn(CC2=C[N+](=O)CO2)c1=N. The van der Waals surface area contributed by atoms with E-state index in [-0.39, 0.29) is 13.3 Å². The Morgan fingerprint density at radius 2 is 2.14 bits per heavy atom. The third-order valence-electron chi connectivity index (χ3n) is 3.25. The van der Waals surface area contributed by atoms with E-state index in [9.17, 15) is 4.91 Å². The molecule has 21 heavy (non-hydrogen) atoms. The van der Waals surface area contributed by atoms with Gasteiger partial charge in [-0.3, -0.25) is 5.41 Å². The van der Waals surface area contributed by atoms with Crippen molar-refractivity contribution in [3.05, 3.63) is 64.3 Å². The fourth-order valence-corrected chi connectivity index (χ4v) is 2.17. The number of nitroso groups, excluding NO2 is 1. The van der Waals surface area contributed by atoms with E-state index in [1.165, 1.54) is 6.20 Å². The van der Waals surface area contributed by atoms with Crippen molar-refractivity contribution >= 4 is 0 Å². The molecule has 0 spiro atoms. The maximum Gasteiger partial charge on any atom is 0.340 e. The van der Waals surface area contributed by atoms with Crippen LogP contribution in [0.3, 0.4) is 0 Å². The third-order valence-corrected chi connectivity index (χ3v) is 3.25. The summed E-state index contributed by atoms with van der Waals surface area (Å²) in [7, 11) is 0. The highest BCUT2D eigenvalue weighted by Crippen LogP contribution is 2.16. The van der Waals surface area contributed by atoms with Crippen molar-refractivity contribution in [3.8, 4) is 11.3 Å². The molecule has 0 radical (unpaired) electrons. The molecule has 0 atom stereocenters. The van der Waals surface area contributed by atoms with Gasteiger partial charge < -0.3 is 4.74 Å². The highest BCUT2D eigenvalue weighted by Gasteiger charge is 2.20. The van der Waals surface area contributed by atoms with Crippen LogP contribution in [0.25, 0.3) is 11.3 Å². The van der Waals surface area contributed by atoms with Crippen molar-refractivity contribution in [2.24, 2.45) is 0 Å². The molecular formula is C15H15N4O2+. The second-order valence-electron chi connectivity index (χ2n) is 4.87. The summed E-state index contributed by atoms with van der Waals surface area (Å²) in [5, 5.41) is 12.6. The van der Waals surface area contributed by atoms with Crippen molar-refractivity contribution in [3.63, 3.8) is 0 Å². The van der Waals surface area contributed by atoms with Crippen LogP contribution in [-0.2, 0) is 11.3 Å². The Labute approximate surface area is 121 Å². The van der Waals surface area contributed by atoms with Crippen LogP contribution in [0.4, 0.5) is 0 Å². The van der Waals surface area contributed by atoms with Gasteiger partial charge in [0.1, 0.15) is 12.0 Å². The molecule has 1 aromatic carbocycles. The summed E-state index contributed by atoms with van der Waals surface area (Å²) in [5.41, 5.74) is 2.91. The number of rotatable bonds is 3. The van der Waals surface area contributed by atoms with E-state index < -0.39 is 0 Å². The van der Waals surface area contributed by atoms with Crippen LogP contribution in [-0.4, -0.2) is 21.3 Å². The van der Waals surface area contributed by atoms with Crippen LogP contribution < -0.4 is 5.49 Å². The lowest BCUT2D eigenvalue weighted by Gasteiger charge is -2.10. The summed E-state index contributed by atoms with van der Waals surface area (Å²) in [5.74, 6) is 0.514. The van der Waals surface area contributed by atoms with Gasteiger partial charge in [0, 0.05) is 10.5 Å². The predicted octanol–water partition coefficient (Wildman–Crippen LogP) is 1.95. The summed E-state index contributed by atoms with van der Waals surface area (Å²) < 4.78 is 7.50. The second kappa shape index (κ2) is 5.32. The van der Waals surface area contributed by atoms with Gasteiger partial charge in [0.25, 0.3) is 6.20 Å². The fourth-order valence-electron chi connectivity index (χ4n) is 2.17. The first-order chi connectivity index (χ1) is 10.1. The van der Waals surface area contributed by atoms with Crippen LogP contribution >= 0.6 is 0 Å². The lowest BCUT2D eigenvalue weighted by Crippen LogP contribution is -2.26. The van der Waals surface area contributed by atoms with Crippen LogP contribution in [0.2, 0.25) is 0 Å². The molecule has 0 unspecified atom stereocenters. The molecule has 1 aromatic heterocycles. The summed E-state index contributed by atoms with van der Waals surface area (Å²) >= 11 is 0. The van der Waals surface area contributed by atoms with E-state index in [4.69, 9.17) is 10.1 Å². The van der Waals surface area contributed by atoms with Gasteiger partial charge in [-0.15, -0.1) is 0 Å². The molecule has 1 aliphatic rings. The molecule has 0 amide bonds. The average molecular weight is 283 g/mol. The van der Waals surface area contributed by atoms with Crippen molar-refractivity contribution in [1.29, 1.82) is 5.41 Å². The summed E-state index contributed by atoms with van der Waals surface area (Å²) in [4.78, 5) is 11.1. The van der Waals surface area contributed by atoms with E-state index in [2.05, 4.69) is 5.10 Å². The molecule has 1 N–H and O–H groups in total. The Hall–Kier alpha value is -2.76. The van der Waals surface area contributed by atoms with Crippen LogP contribution in [0.15, 0.2) is 48.4 Å². The molecule has 2 heterocycles. The molecule has 0 bridgehead atoms. The minimum absolute atomic E-state index is 0.000580. The minimum atomic E-state index is 0.000580. The number of benzene rings is 1. The molecule has 0 fully saturated rings. The van der Waals surface area contributed by atoms with E-state index in [1.807, 2.05) is 43.3 Å².